The maximum atomic E-state index is 6.42. The smallest absolute Gasteiger partial charge is 0.0804 e. The molecule has 2 N–H and O–H groups in total. The average molecular weight is 265 g/mol. The molecule has 3 rings (SSSR count). The lowest BCUT2D eigenvalue weighted by molar-refractivity contribution is -0.0894. The minimum absolute atomic E-state index is 0.0352. The molecule has 3 atom stereocenters. The second-order valence-corrected chi connectivity index (χ2v) is 7.48. The van der Waals surface area contributed by atoms with Crippen molar-refractivity contribution in [3.63, 3.8) is 0 Å². The Morgan fingerprint density at radius 2 is 1.89 bits per heavy atom. The summed E-state index contributed by atoms with van der Waals surface area (Å²) in [5.41, 5.74) is 6.10. The molecule has 0 aromatic carbocycles. The van der Waals surface area contributed by atoms with Crippen LogP contribution < -0.4 is 5.73 Å². The number of ether oxygens (including phenoxy) is 1. The van der Waals surface area contributed by atoms with Gasteiger partial charge in [0.1, 0.15) is 0 Å². The van der Waals surface area contributed by atoms with Crippen molar-refractivity contribution in [2.45, 2.75) is 70.3 Å². The van der Waals surface area contributed by atoms with Crippen molar-refractivity contribution in [2.24, 2.45) is 29.4 Å². The fourth-order valence-electron chi connectivity index (χ4n) is 4.88. The molecule has 2 bridgehead atoms. The van der Waals surface area contributed by atoms with Gasteiger partial charge in [-0.25, -0.2) is 0 Å². The minimum Gasteiger partial charge on any atom is -0.373 e. The van der Waals surface area contributed by atoms with Crippen molar-refractivity contribution in [1.29, 1.82) is 0 Å². The van der Waals surface area contributed by atoms with E-state index in [9.17, 15) is 0 Å². The summed E-state index contributed by atoms with van der Waals surface area (Å²) in [6.07, 6.45) is 12.2. The topological polar surface area (TPSA) is 35.2 Å². The molecule has 110 valence electrons. The van der Waals surface area contributed by atoms with E-state index in [1.807, 2.05) is 0 Å². The maximum Gasteiger partial charge on any atom is 0.0804 e. The van der Waals surface area contributed by atoms with Crippen molar-refractivity contribution in [3.8, 4) is 0 Å². The van der Waals surface area contributed by atoms with Crippen LogP contribution in [0.2, 0.25) is 0 Å². The zero-order valence-electron chi connectivity index (χ0n) is 12.6. The van der Waals surface area contributed by atoms with Crippen molar-refractivity contribution >= 4 is 0 Å². The van der Waals surface area contributed by atoms with E-state index in [1.54, 1.807) is 0 Å². The monoisotopic (exact) mass is 265 g/mol. The van der Waals surface area contributed by atoms with Gasteiger partial charge in [-0.1, -0.05) is 19.8 Å². The molecule has 3 aliphatic carbocycles. The lowest BCUT2D eigenvalue weighted by atomic mass is 9.77. The van der Waals surface area contributed by atoms with Gasteiger partial charge in [0.05, 0.1) is 12.2 Å². The van der Waals surface area contributed by atoms with E-state index < -0.39 is 0 Å². The molecule has 0 heterocycles. The highest BCUT2D eigenvalue weighted by atomic mass is 16.5. The van der Waals surface area contributed by atoms with Crippen molar-refractivity contribution in [3.05, 3.63) is 0 Å². The first kappa shape index (κ1) is 13.9. The van der Waals surface area contributed by atoms with Crippen LogP contribution in [0.5, 0.6) is 0 Å². The Morgan fingerprint density at radius 3 is 2.42 bits per heavy atom. The van der Waals surface area contributed by atoms with Crippen LogP contribution in [0.1, 0.15) is 64.7 Å². The second-order valence-electron chi connectivity index (χ2n) is 7.48. The molecular formula is C17H31NO. The van der Waals surface area contributed by atoms with Crippen LogP contribution in [0.15, 0.2) is 0 Å². The largest absolute Gasteiger partial charge is 0.373 e. The number of nitrogens with two attached hydrogens (primary N) is 1. The van der Waals surface area contributed by atoms with Crippen LogP contribution >= 0.6 is 0 Å². The predicted octanol–water partition coefficient (Wildman–Crippen LogP) is 3.74. The van der Waals surface area contributed by atoms with E-state index in [2.05, 4.69) is 6.92 Å². The molecule has 3 unspecified atom stereocenters. The molecule has 0 spiro atoms. The molecule has 3 fully saturated rings. The summed E-state index contributed by atoms with van der Waals surface area (Å²) in [6.45, 7) is 4.04. The summed E-state index contributed by atoms with van der Waals surface area (Å²) in [6, 6.07) is 0. The van der Waals surface area contributed by atoms with E-state index in [4.69, 9.17) is 10.5 Å². The molecule has 3 saturated carbocycles. The van der Waals surface area contributed by atoms with Crippen LogP contribution in [-0.4, -0.2) is 18.8 Å². The number of rotatable bonds is 5. The Bertz CT molecular complexity index is 296. The van der Waals surface area contributed by atoms with Crippen LogP contribution in [0.25, 0.3) is 0 Å². The van der Waals surface area contributed by atoms with E-state index in [0.717, 1.165) is 36.8 Å². The summed E-state index contributed by atoms with van der Waals surface area (Å²) in [5.74, 6) is 3.78. The van der Waals surface area contributed by atoms with E-state index in [1.165, 1.54) is 57.8 Å². The minimum atomic E-state index is 0.0352. The van der Waals surface area contributed by atoms with Crippen molar-refractivity contribution < 1.29 is 4.74 Å². The Kier molecular flexibility index (Phi) is 4.19. The molecule has 2 nitrogen and oxygen atoms in total. The maximum absolute atomic E-state index is 6.42. The fraction of sp³-hybridized carbons (Fsp3) is 1.00. The standard InChI is InChI=1S/C17H31NO/c1-2-13-5-7-17(12-18,8-6-13)19-11-16-10-14-3-4-15(16)9-14/h13-16H,2-12,18H2,1H3. The lowest BCUT2D eigenvalue weighted by Gasteiger charge is -2.40. The summed E-state index contributed by atoms with van der Waals surface area (Å²) in [5, 5.41) is 0. The van der Waals surface area contributed by atoms with Gasteiger partial charge in [0, 0.05) is 6.54 Å². The van der Waals surface area contributed by atoms with Crippen molar-refractivity contribution in [2.75, 3.05) is 13.2 Å². The van der Waals surface area contributed by atoms with Gasteiger partial charge in [-0.05, 0) is 68.6 Å². The average Bonchev–Trinajstić information content (AvgIpc) is 3.08. The summed E-state index contributed by atoms with van der Waals surface area (Å²) >= 11 is 0. The van der Waals surface area contributed by atoms with Gasteiger partial charge in [-0.3, -0.25) is 0 Å². The first-order chi connectivity index (χ1) is 9.24. The molecule has 0 saturated heterocycles. The molecule has 0 radical (unpaired) electrons. The quantitative estimate of drug-likeness (QED) is 0.822. The second kappa shape index (κ2) is 5.73. The highest BCUT2D eigenvalue weighted by molar-refractivity contribution is 4.92. The third-order valence-corrected chi connectivity index (χ3v) is 6.45. The van der Waals surface area contributed by atoms with Crippen LogP contribution in [-0.2, 0) is 4.74 Å². The molecule has 0 aliphatic heterocycles. The van der Waals surface area contributed by atoms with Gasteiger partial charge in [0.25, 0.3) is 0 Å². The third kappa shape index (κ3) is 2.85. The predicted molar refractivity (Wildman–Crippen MR) is 78.9 cm³/mol. The van der Waals surface area contributed by atoms with Gasteiger partial charge >= 0.3 is 0 Å². The van der Waals surface area contributed by atoms with Crippen molar-refractivity contribution in [1.82, 2.24) is 0 Å². The van der Waals surface area contributed by atoms with E-state index in [-0.39, 0.29) is 5.60 Å². The summed E-state index contributed by atoms with van der Waals surface area (Å²) < 4.78 is 6.42. The van der Waals surface area contributed by atoms with E-state index in [0.29, 0.717) is 0 Å². The Morgan fingerprint density at radius 1 is 1.11 bits per heavy atom. The van der Waals surface area contributed by atoms with Gasteiger partial charge in [0.15, 0.2) is 0 Å². The van der Waals surface area contributed by atoms with Crippen LogP contribution in [0.3, 0.4) is 0 Å². The third-order valence-electron chi connectivity index (χ3n) is 6.45. The molecule has 2 heteroatoms. The molecular weight excluding hydrogens is 234 g/mol. The molecule has 3 aliphatic rings. The Hall–Kier alpha value is -0.0800. The van der Waals surface area contributed by atoms with Gasteiger partial charge in [-0.15, -0.1) is 0 Å². The normalized spacial score (nSPS) is 45.8. The van der Waals surface area contributed by atoms with Crippen LogP contribution in [0, 0.1) is 23.7 Å². The highest BCUT2D eigenvalue weighted by Crippen LogP contribution is 2.49. The zero-order chi connectivity index (χ0) is 13.3. The highest BCUT2D eigenvalue weighted by Gasteiger charge is 2.41. The fourth-order valence-corrected chi connectivity index (χ4v) is 4.88. The number of fused-ring (bicyclic) bond motifs is 2. The van der Waals surface area contributed by atoms with Gasteiger partial charge in [0.2, 0.25) is 0 Å². The van der Waals surface area contributed by atoms with Gasteiger partial charge < -0.3 is 10.5 Å². The van der Waals surface area contributed by atoms with Crippen LogP contribution in [0.4, 0.5) is 0 Å². The molecule has 19 heavy (non-hydrogen) atoms. The summed E-state index contributed by atoms with van der Waals surface area (Å²) in [4.78, 5) is 0. The molecule has 0 aromatic heterocycles. The first-order valence-corrected chi connectivity index (χ1v) is 8.58. The number of hydrogen-bond acceptors (Lipinski definition) is 2. The Labute approximate surface area is 118 Å². The first-order valence-electron chi connectivity index (χ1n) is 8.58. The molecule has 0 amide bonds. The SMILES string of the molecule is CCC1CCC(CN)(OCC2CC3CCC2C3)CC1. The zero-order valence-corrected chi connectivity index (χ0v) is 12.6. The van der Waals surface area contributed by atoms with E-state index >= 15 is 0 Å². The Balaban J connectivity index is 1.50. The molecule has 0 aromatic rings. The lowest BCUT2D eigenvalue weighted by Crippen LogP contribution is -2.45. The summed E-state index contributed by atoms with van der Waals surface area (Å²) in [7, 11) is 0. The van der Waals surface area contributed by atoms with Gasteiger partial charge in [-0.2, -0.15) is 0 Å². The number of hydrogen-bond donors (Lipinski definition) is 1.